The Hall–Kier alpha value is -0.650. The quantitative estimate of drug-likeness (QED) is 0.639. The Kier molecular flexibility index (Phi) is 7.16. The van der Waals surface area contributed by atoms with Crippen LogP contribution in [0.2, 0.25) is 0 Å². The van der Waals surface area contributed by atoms with Crippen molar-refractivity contribution in [3.8, 4) is 0 Å². The molecule has 5 heteroatoms. The largest absolute Gasteiger partial charge is 0.465 e. The molecule has 0 saturated carbocycles. The van der Waals surface area contributed by atoms with Gasteiger partial charge in [-0.25, -0.2) is 0 Å². The number of ether oxygens (including phenoxy) is 3. The summed E-state index contributed by atoms with van der Waals surface area (Å²) in [5.74, 6) is -0.236. The number of esters is 1. The highest BCUT2D eigenvalue weighted by Gasteiger charge is 2.23. The zero-order valence-electron chi connectivity index (χ0n) is 10.7. The van der Waals surface area contributed by atoms with Gasteiger partial charge in [0.15, 0.2) is 0 Å². The molecule has 0 aromatic heterocycles. The van der Waals surface area contributed by atoms with Gasteiger partial charge in [0.2, 0.25) is 0 Å². The third-order valence-corrected chi connectivity index (χ3v) is 2.60. The van der Waals surface area contributed by atoms with E-state index in [2.05, 4.69) is 12.2 Å². The van der Waals surface area contributed by atoms with Gasteiger partial charge in [-0.3, -0.25) is 4.79 Å². The Balaban J connectivity index is 2.30. The lowest BCUT2D eigenvalue weighted by Gasteiger charge is -2.19. The monoisotopic (exact) mass is 245 g/mol. The van der Waals surface area contributed by atoms with Crippen LogP contribution in [0, 0.1) is 0 Å². The Morgan fingerprint density at radius 3 is 2.94 bits per heavy atom. The highest BCUT2D eigenvalue weighted by molar-refractivity contribution is 5.75. The van der Waals surface area contributed by atoms with Gasteiger partial charge in [-0.2, -0.15) is 0 Å². The third kappa shape index (κ3) is 5.48. The molecule has 2 unspecified atom stereocenters. The zero-order valence-corrected chi connectivity index (χ0v) is 10.7. The van der Waals surface area contributed by atoms with E-state index in [1.54, 1.807) is 6.92 Å². The second-order valence-corrected chi connectivity index (χ2v) is 4.08. The van der Waals surface area contributed by atoms with Crippen molar-refractivity contribution in [2.75, 3.05) is 33.0 Å². The summed E-state index contributed by atoms with van der Waals surface area (Å²) in [5, 5.41) is 3.14. The normalized spacial score (nSPS) is 21.4. The van der Waals surface area contributed by atoms with Gasteiger partial charge in [0.1, 0.15) is 6.04 Å². The highest BCUT2D eigenvalue weighted by atomic mass is 16.6. The van der Waals surface area contributed by atoms with Crippen LogP contribution in [0.1, 0.15) is 26.7 Å². The van der Waals surface area contributed by atoms with Crippen LogP contribution in [0.25, 0.3) is 0 Å². The van der Waals surface area contributed by atoms with Crippen LogP contribution in [-0.2, 0) is 19.0 Å². The lowest BCUT2D eigenvalue weighted by atomic mass is 10.3. The summed E-state index contributed by atoms with van der Waals surface area (Å²) in [6.07, 6.45) is 2.00. The Morgan fingerprint density at radius 2 is 2.35 bits per heavy atom. The van der Waals surface area contributed by atoms with Crippen molar-refractivity contribution in [1.82, 2.24) is 5.32 Å². The molecule has 0 bridgehead atoms. The molecule has 1 aliphatic rings. The molecule has 1 rings (SSSR count). The summed E-state index contributed by atoms with van der Waals surface area (Å²) < 4.78 is 15.9. The molecule has 0 amide bonds. The molecule has 17 heavy (non-hydrogen) atoms. The van der Waals surface area contributed by atoms with Crippen molar-refractivity contribution in [3.63, 3.8) is 0 Å². The highest BCUT2D eigenvalue weighted by Crippen LogP contribution is 2.08. The number of hydrogen-bond acceptors (Lipinski definition) is 5. The molecule has 0 radical (unpaired) electrons. The minimum absolute atomic E-state index is 0.121. The summed E-state index contributed by atoms with van der Waals surface area (Å²) in [6, 6.07) is -0.365. The van der Waals surface area contributed by atoms with E-state index in [1.165, 1.54) is 0 Å². The molecule has 2 atom stereocenters. The number of nitrogens with one attached hydrogen (secondary N) is 1. The van der Waals surface area contributed by atoms with Crippen LogP contribution in [0.5, 0.6) is 0 Å². The summed E-state index contributed by atoms with van der Waals surface area (Å²) in [5.41, 5.74) is 0. The van der Waals surface area contributed by atoms with Gasteiger partial charge >= 0.3 is 5.97 Å². The first kappa shape index (κ1) is 14.4. The first-order chi connectivity index (χ1) is 8.27. The van der Waals surface area contributed by atoms with E-state index in [9.17, 15) is 4.79 Å². The lowest BCUT2D eigenvalue weighted by molar-refractivity contribution is -0.148. The van der Waals surface area contributed by atoms with Gasteiger partial charge in [0.25, 0.3) is 0 Å². The summed E-state index contributed by atoms with van der Waals surface area (Å²) >= 11 is 0. The lowest BCUT2D eigenvalue weighted by Crippen LogP contribution is -2.43. The van der Waals surface area contributed by atoms with Gasteiger partial charge < -0.3 is 19.5 Å². The molecule has 1 aliphatic heterocycles. The molecule has 0 spiro atoms. The van der Waals surface area contributed by atoms with Gasteiger partial charge in [0, 0.05) is 6.61 Å². The van der Waals surface area contributed by atoms with Crippen molar-refractivity contribution >= 4 is 5.97 Å². The number of carbonyl (C=O) groups excluding carboxylic acids is 1. The molecule has 1 N–H and O–H groups in total. The standard InChI is InChI=1S/C12H23NO4/c1-3-6-13-11(12(14)16-4-2)9-17-10-5-7-15-8-10/h10-11,13H,3-9H2,1-2H3. The fraction of sp³-hybridized carbons (Fsp3) is 0.917. The van der Waals surface area contributed by atoms with E-state index >= 15 is 0 Å². The van der Waals surface area contributed by atoms with Crippen molar-refractivity contribution in [2.45, 2.75) is 38.8 Å². The molecule has 1 fully saturated rings. The third-order valence-electron chi connectivity index (χ3n) is 2.60. The molecule has 5 nitrogen and oxygen atoms in total. The minimum atomic E-state index is -0.365. The maximum atomic E-state index is 11.7. The van der Waals surface area contributed by atoms with Crippen molar-refractivity contribution in [1.29, 1.82) is 0 Å². The van der Waals surface area contributed by atoms with Crippen LogP contribution < -0.4 is 5.32 Å². The van der Waals surface area contributed by atoms with E-state index < -0.39 is 0 Å². The van der Waals surface area contributed by atoms with Crippen molar-refractivity contribution in [3.05, 3.63) is 0 Å². The molecular weight excluding hydrogens is 222 g/mol. The second-order valence-electron chi connectivity index (χ2n) is 4.08. The molecule has 1 heterocycles. The van der Waals surface area contributed by atoms with Gasteiger partial charge in [-0.15, -0.1) is 0 Å². The van der Waals surface area contributed by atoms with Crippen molar-refractivity contribution < 1.29 is 19.0 Å². The zero-order chi connectivity index (χ0) is 12.5. The van der Waals surface area contributed by atoms with Crippen LogP contribution in [0.4, 0.5) is 0 Å². The Morgan fingerprint density at radius 1 is 1.53 bits per heavy atom. The summed E-state index contributed by atoms with van der Waals surface area (Å²) in [4.78, 5) is 11.7. The first-order valence-electron chi connectivity index (χ1n) is 6.37. The molecular formula is C12H23NO4. The number of rotatable bonds is 8. The second kappa shape index (κ2) is 8.44. The van der Waals surface area contributed by atoms with Crippen LogP contribution in [0.3, 0.4) is 0 Å². The average molecular weight is 245 g/mol. The minimum Gasteiger partial charge on any atom is -0.465 e. The SMILES string of the molecule is CCCNC(COC1CCOC1)C(=O)OCC. The Bertz CT molecular complexity index is 217. The van der Waals surface area contributed by atoms with Crippen LogP contribution in [-0.4, -0.2) is 51.1 Å². The van der Waals surface area contributed by atoms with Crippen LogP contribution in [0.15, 0.2) is 0 Å². The Labute approximate surface area is 103 Å². The van der Waals surface area contributed by atoms with Gasteiger partial charge in [-0.1, -0.05) is 6.92 Å². The molecule has 0 aromatic rings. The van der Waals surface area contributed by atoms with Crippen LogP contribution >= 0.6 is 0 Å². The summed E-state index contributed by atoms with van der Waals surface area (Å²) in [6.45, 7) is 6.78. The first-order valence-corrected chi connectivity index (χ1v) is 6.37. The number of carbonyl (C=O) groups is 1. The maximum Gasteiger partial charge on any atom is 0.325 e. The fourth-order valence-corrected chi connectivity index (χ4v) is 1.65. The maximum absolute atomic E-state index is 11.7. The van der Waals surface area contributed by atoms with Gasteiger partial charge in [-0.05, 0) is 26.3 Å². The molecule has 1 saturated heterocycles. The predicted molar refractivity (Wildman–Crippen MR) is 63.9 cm³/mol. The topological polar surface area (TPSA) is 56.8 Å². The van der Waals surface area contributed by atoms with E-state index in [0.717, 1.165) is 26.0 Å². The number of hydrogen-bond donors (Lipinski definition) is 1. The van der Waals surface area contributed by atoms with Gasteiger partial charge in [0.05, 0.1) is 25.9 Å². The summed E-state index contributed by atoms with van der Waals surface area (Å²) in [7, 11) is 0. The average Bonchev–Trinajstić information content (AvgIpc) is 2.82. The van der Waals surface area contributed by atoms with E-state index in [1.807, 2.05) is 0 Å². The molecule has 0 aromatic carbocycles. The van der Waals surface area contributed by atoms with E-state index in [4.69, 9.17) is 14.2 Å². The predicted octanol–water partition coefficient (Wildman–Crippen LogP) is 0.723. The van der Waals surface area contributed by atoms with Crippen molar-refractivity contribution in [2.24, 2.45) is 0 Å². The molecule has 100 valence electrons. The molecule has 0 aliphatic carbocycles. The smallest absolute Gasteiger partial charge is 0.325 e. The van der Waals surface area contributed by atoms with E-state index in [-0.39, 0.29) is 18.1 Å². The fourth-order valence-electron chi connectivity index (χ4n) is 1.65. The van der Waals surface area contributed by atoms with E-state index in [0.29, 0.717) is 19.8 Å².